The predicted molar refractivity (Wildman–Crippen MR) is 133 cm³/mol. The normalized spacial score (nSPS) is 12.5. The third-order valence-corrected chi connectivity index (χ3v) is 5.69. The molecule has 0 radical (unpaired) electrons. The molecule has 2 aromatic carbocycles. The Morgan fingerprint density at radius 1 is 1.09 bits per heavy atom. The van der Waals surface area contributed by atoms with Crippen molar-refractivity contribution in [1.82, 2.24) is 20.2 Å². The highest BCUT2D eigenvalue weighted by atomic mass is 19.1. The number of hydrogen-bond acceptors (Lipinski definition) is 3. The Hall–Kier alpha value is -4.45. The SMILES string of the molecule is C=C/C(N)=C\C(=C/C)c1ccc2[nH]nc(-c3cc4c(-c5cccc(F)c5)ccnc4[nH]3)c2c1. The number of halogens is 1. The van der Waals surface area contributed by atoms with Crippen molar-refractivity contribution in [2.45, 2.75) is 6.92 Å². The van der Waals surface area contributed by atoms with Crippen molar-refractivity contribution in [3.05, 3.63) is 103 Å². The quantitative estimate of drug-likeness (QED) is 0.282. The van der Waals surface area contributed by atoms with Gasteiger partial charge in [-0.2, -0.15) is 5.10 Å². The van der Waals surface area contributed by atoms with Gasteiger partial charge in [-0.3, -0.25) is 5.10 Å². The summed E-state index contributed by atoms with van der Waals surface area (Å²) in [5, 5.41) is 9.54. The molecule has 0 spiro atoms. The van der Waals surface area contributed by atoms with E-state index in [0.717, 1.165) is 55.6 Å². The van der Waals surface area contributed by atoms with Gasteiger partial charge >= 0.3 is 0 Å². The zero-order chi connectivity index (χ0) is 22.9. The standard InChI is InChI=1S/C27H22FN5/c1-3-16(13-20(29)4-2)17-8-9-24-23(14-17)26(33-32-24)25-15-22-21(10-11-30-27(22)31-25)18-6-5-7-19(28)12-18/h3-15H,2,29H2,1H3,(H,30,31)(H,32,33)/b16-3+,20-13+. The van der Waals surface area contributed by atoms with E-state index in [-0.39, 0.29) is 5.82 Å². The van der Waals surface area contributed by atoms with E-state index in [2.05, 4.69) is 32.8 Å². The molecule has 0 amide bonds. The summed E-state index contributed by atoms with van der Waals surface area (Å²) in [7, 11) is 0. The molecule has 3 heterocycles. The number of pyridine rings is 1. The minimum absolute atomic E-state index is 0.273. The van der Waals surface area contributed by atoms with Crippen molar-refractivity contribution in [3.63, 3.8) is 0 Å². The fourth-order valence-electron chi connectivity index (χ4n) is 4.03. The number of nitrogens with two attached hydrogens (primary N) is 1. The van der Waals surface area contributed by atoms with Gasteiger partial charge in [0.2, 0.25) is 0 Å². The molecule has 0 bridgehead atoms. The molecule has 3 aromatic heterocycles. The summed E-state index contributed by atoms with van der Waals surface area (Å²) in [5.41, 5.74) is 13.5. The second-order valence-electron chi connectivity index (χ2n) is 7.74. The van der Waals surface area contributed by atoms with Crippen LogP contribution in [0.15, 0.2) is 91.3 Å². The first kappa shape index (κ1) is 20.5. The Morgan fingerprint density at radius 2 is 1.97 bits per heavy atom. The van der Waals surface area contributed by atoms with E-state index >= 15 is 0 Å². The fraction of sp³-hybridized carbons (Fsp3) is 0.0370. The number of H-pyrrole nitrogens is 2. The van der Waals surface area contributed by atoms with Crippen LogP contribution >= 0.6 is 0 Å². The molecule has 33 heavy (non-hydrogen) atoms. The summed E-state index contributed by atoms with van der Waals surface area (Å²) in [6, 6.07) is 16.6. The second-order valence-corrected chi connectivity index (χ2v) is 7.74. The van der Waals surface area contributed by atoms with E-state index in [1.807, 2.05) is 49.4 Å². The van der Waals surface area contributed by atoms with Gasteiger partial charge in [0.15, 0.2) is 0 Å². The van der Waals surface area contributed by atoms with Gasteiger partial charge in [0.1, 0.15) is 17.2 Å². The van der Waals surface area contributed by atoms with Gasteiger partial charge in [-0.25, -0.2) is 9.37 Å². The van der Waals surface area contributed by atoms with Gasteiger partial charge in [-0.1, -0.05) is 30.9 Å². The largest absolute Gasteiger partial charge is 0.399 e. The maximum absolute atomic E-state index is 13.8. The summed E-state index contributed by atoms with van der Waals surface area (Å²) in [5.74, 6) is -0.273. The van der Waals surface area contributed by atoms with Crippen molar-refractivity contribution in [2.24, 2.45) is 5.73 Å². The summed E-state index contributed by atoms with van der Waals surface area (Å²) in [4.78, 5) is 7.85. The van der Waals surface area contributed by atoms with Crippen LogP contribution in [0.3, 0.4) is 0 Å². The van der Waals surface area contributed by atoms with Crippen LogP contribution in [-0.4, -0.2) is 20.2 Å². The highest BCUT2D eigenvalue weighted by Crippen LogP contribution is 2.34. The number of aromatic nitrogens is 4. The molecular formula is C27H22FN5. The van der Waals surface area contributed by atoms with E-state index in [9.17, 15) is 4.39 Å². The van der Waals surface area contributed by atoms with Crippen molar-refractivity contribution in [2.75, 3.05) is 0 Å². The van der Waals surface area contributed by atoms with Crippen LogP contribution in [-0.2, 0) is 0 Å². The molecule has 5 aromatic rings. The average Bonchev–Trinajstić information content (AvgIpc) is 3.45. The zero-order valence-electron chi connectivity index (χ0n) is 18.1. The molecule has 0 saturated heterocycles. The lowest BCUT2D eigenvalue weighted by Crippen LogP contribution is -1.93. The molecule has 0 aliphatic heterocycles. The molecule has 5 rings (SSSR count). The van der Waals surface area contributed by atoms with Gasteiger partial charge in [-0.15, -0.1) is 0 Å². The maximum atomic E-state index is 13.8. The van der Waals surface area contributed by atoms with Gasteiger partial charge in [0.05, 0.1) is 11.2 Å². The molecule has 0 fully saturated rings. The number of hydrogen-bond donors (Lipinski definition) is 3. The van der Waals surface area contributed by atoms with Crippen LogP contribution in [0.4, 0.5) is 4.39 Å². The smallest absolute Gasteiger partial charge is 0.138 e. The first-order valence-corrected chi connectivity index (χ1v) is 10.6. The Labute approximate surface area is 190 Å². The minimum Gasteiger partial charge on any atom is -0.399 e. The first-order valence-electron chi connectivity index (χ1n) is 10.6. The van der Waals surface area contributed by atoms with Crippen LogP contribution in [0.1, 0.15) is 12.5 Å². The lowest BCUT2D eigenvalue weighted by Gasteiger charge is -2.04. The van der Waals surface area contributed by atoms with E-state index in [1.54, 1.807) is 18.3 Å². The van der Waals surface area contributed by atoms with Crippen LogP contribution in [0.5, 0.6) is 0 Å². The maximum Gasteiger partial charge on any atom is 0.138 e. The van der Waals surface area contributed by atoms with Crippen LogP contribution in [0, 0.1) is 5.82 Å². The van der Waals surface area contributed by atoms with E-state index < -0.39 is 0 Å². The molecule has 0 aliphatic carbocycles. The number of allylic oxidation sites excluding steroid dienone is 4. The van der Waals surface area contributed by atoms with Gasteiger partial charge in [0, 0.05) is 22.7 Å². The van der Waals surface area contributed by atoms with E-state index in [1.165, 1.54) is 12.1 Å². The van der Waals surface area contributed by atoms with Crippen LogP contribution in [0.2, 0.25) is 0 Å². The zero-order valence-corrected chi connectivity index (χ0v) is 18.1. The number of rotatable bonds is 5. The van der Waals surface area contributed by atoms with Crippen molar-refractivity contribution in [1.29, 1.82) is 0 Å². The molecule has 0 saturated carbocycles. The molecular weight excluding hydrogens is 413 g/mol. The van der Waals surface area contributed by atoms with Gasteiger partial charge in [-0.05, 0) is 77.7 Å². The third kappa shape index (κ3) is 3.72. The summed E-state index contributed by atoms with van der Waals surface area (Å²) < 4.78 is 13.8. The van der Waals surface area contributed by atoms with Crippen molar-refractivity contribution in [3.8, 4) is 22.5 Å². The number of fused-ring (bicyclic) bond motifs is 2. The van der Waals surface area contributed by atoms with Crippen molar-refractivity contribution < 1.29 is 4.39 Å². The minimum atomic E-state index is -0.273. The lowest BCUT2D eigenvalue weighted by molar-refractivity contribution is 0.628. The molecule has 6 heteroatoms. The monoisotopic (exact) mass is 435 g/mol. The molecule has 162 valence electrons. The van der Waals surface area contributed by atoms with Crippen LogP contribution in [0.25, 0.3) is 50.0 Å². The highest BCUT2D eigenvalue weighted by Gasteiger charge is 2.15. The first-order chi connectivity index (χ1) is 16.1. The number of aromatic amines is 2. The molecule has 5 nitrogen and oxygen atoms in total. The van der Waals surface area contributed by atoms with Crippen molar-refractivity contribution >= 4 is 27.5 Å². The summed E-state index contributed by atoms with van der Waals surface area (Å²) in [6.07, 6.45) is 7.25. The average molecular weight is 436 g/mol. The molecule has 4 N–H and O–H groups in total. The lowest BCUT2D eigenvalue weighted by atomic mass is 10.0. The van der Waals surface area contributed by atoms with E-state index in [0.29, 0.717) is 5.70 Å². The Kier molecular flexibility index (Phi) is 5.11. The second kappa shape index (κ2) is 8.24. The fourth-order valence-corrected chi connectivity index (χ4v) is 4.03. The third-order valence-electron chi connectivity index (χ3n) is 5.69. The highest BCUT2D eigenvalue weighted by molar-refractivity contribution is 6.00. The van der Waals surface area contributed by atoms with Gasteiger partial charge < -0.3 is 10.7 Å². The molecule has 0 aliphatic rings. The summed E-state index contributed by atoms with van der Waals surface area (Å²) >= 11 is 0. The van der Waals surface area contributed by atoms with Crippen LogP contribution < -0.4 is 5.73 Å². The number of benzene rings is 2. The number of nitrogens with one attached hydrogen (secondary N) is 2. The predicted octanol–water partition coefficient (Wildman–Crippen LogP) is 6.34. The molecule has 0 unspecified atom stereocenters. The van der Waals surface area contributed by atoms with E-state index in [4.69, 9.17) is 5.73 Å². The summed E-state index contributed by atoms with van der Waals surface area (Å²) in [6.45, 7) is 5.70. The topological polar surface area (TPSA) is 83.4 Å². The van der Waals surface area contributed by atoms with Gasteiger partial charge in [0.25, 0.3) is 0 Å². The Balaban J connectivity index is 1.64. The Bertz CT molecular complexity index is 1570. The molecule has 0 atom stereocenters. The number of nitrogens with zero attached hydrogens (tertiary/aromatic N) is 2. The Morgan fingerprint density at radius 3 is 2.76 bits per heavy atom.